The van der Waals surface area contributed by atoms with Gasteiger partial charge in [-0.25, -0.2) is 15.0 Å². The van der Waals surface area contributed by atoms with E-state index in [4.69, 9.17) is 0 Å². The highest BCUT2D eigenvalue weighted by Gasteiger charge is 2.27. The number of aromatic nitrogens is 3. The molecule has 33 heavy (non-hydrogen) atoms. The number of hydrogen-bond donors (Lipinski definition) is 2. The molecule has 2 aromatic heterocycles. The molecular weight excluding hydrogens is 435 g/mol. The van der Waals surface area contributed by atoms with Crippen LogP contribution in [-0.2, 0) is 0 Å². The highest BCUT2D eigenvalue weighted by molar-refractivity contribution is 5.92. The van der Waals surface area contributed by atoms with E-state index in [0.717, 1.165) is 39.0 Å². The van der Waals surface area contributed by atoms with Crippen LogP contribution in [0.3, 0.4) is 0 Å². The first-order chi connectivity index (χ1) is 15.9. The lowest BCUT2D eigenvalue weighted by Crippen LogP contribution is -2.47. The fourth-order valence-electron chi connectivity index (χ4n) is 4.34. The third-order valence-corrected chi connectivity index (χ3v) is 6.21. The molecule has 2 saturated heterocycles. The Morgan fingerprint density at radius 3 is 2.36 bits per heavy atom. The zero-order chi connectivity index (χ0) is 23.3. The molecule has 2 N–H and O–H groups in total. The van der Waals surface area contributed by atoms with Crippen molar-refractivity contribution in [3.05, 3.63) is 24.2 Å². The van der Waals surface area contributed by atoms with Gasteiger partial charge < -0.3 is 20.4 Å². The largest absolute Gasteiger partial charge is 0.405 e. The van der Waals surface area contributed by atoms with E-state index in [1.54, 1.807) is 0 Å². The molecule has 4 heterocycles. The van der Waals surface area contributed by atoms with Crippen LogP contribution in [0.15, 0.2) is 18.3 Å². The van der Waals surface area contributed by atoms with Gasteiger partial charge in [-0.3, -0.25) is 4.79 Å². The molecule has 0 aliphatic carbocycles. The number of amides is 1. The van der Waals surface area contributed by atoms with Crippen molar-refractivity contribution in [3.8, 4) is 0 Å². The number of nitrogens with zero attached hydrogens (tertiary/aromatic N) is 5. The smallest absolute Gasteiger partial charge is 0.361 e. The van der Waals surface area contributed by atoms with Gasteiger partial charge in [0.1, 0.15) is 17.9 Å². The summed E-state index contributed by atoms with van der Waals surface area (Å²) in [6.45, 7) is 5.33. The second-order valence-electron chi connectivity index (χ2n) is 8.75. The predicted molar refractivity (Wildman–Crippen MR) is 119 cm³/mol. The second kappa shape index (κ2) is 10.6. The Bertz CT molecular complexity index is 941. The van der Waals surface area contributed by atoms with E-state index in [2.05, 4.69) is 35.4 Å². The second-order valence-corrected chi connectivity index (χ2v) is 8.75. The van der Waals surface area contributed by atoms with Gasteiger partial charge in [-0.2, -0.15) is 13.2 Å². The summed E-state index contributed by atoms with van der Waals surface area (Å²) in [5.41, 5.74) is 0.723. The minimum Gasteiger partial charge on any atom is -0.361 e. The number of carbonyl (C=O) groups is 1. The standard InChI is InChI=1S/C22H30F3N7O/c23-22(24,25)15-27-19-5-4-17-18(29-19)14-26-20(30-17)21(33)28-16-6-10-32(11-7-16)13-12-31-8-2-1-3-9-31/h4-5,14,16H,1-3,6-13,15H2,(H,27,29)(H,28,33). The van der Waals surface area contributed by atoms with Crippen molar-refractivity contribution >= 4 is 22.8 Å². The van der Waals surface area contributed by atoms with Crippen molar-refractivity contribution in [2.24, 2.45) is 0 Å². The van der Waals surface area contributed by atoms with Gasteiger partial charge >= 0.3 is 6.18 Å². The molecule has 8 nitrogen and oxygen atoms in total. The van der Waals surface area contributed by atoms with Gasteiger partial charge in [0.2, 0.25) is 5.82 Å². The summed E-state index contributed by atoms with van der Waals surface area (Å²) < 4.78 is 37.1. The Hall–Kier alpha value is -2.53. The lowest BCUT2D eigenvalue weighted by Gasteiger charge is -2.34. The topological polar surface area (TPSA) is 86.3 Å². The molecular formula is C22H30F3N7O. The van der Waals surface area contributed by atoms with Crippen LogP contribution in [0.5, 0.6) is 0 Å². The lowest BCUT2D eigenvalue weighted by molar-refractivity contribution is -0.115. The fourth-order valence-corrected chi connectivity index (χ4v) is 4.34. The first-order valence-electron chi connectivity index (χ1n) is 11.6. The molecule has 0 saturated carbocycles. The summed E-state index contributed by atoms with van der Waals surface area (Å²) in [5, 5.41) is 5.24. The van der Waals surface area contributed by atoms with Gasteiger partial charge in [0.25, 0.3) is 5.91 Å². The Morgan fingerprint density at radius 1 is 0.970 bits per heavy atom. The molecule has 1 amide bonds. The molecule has 0 atom stereocenters. The van der Waals surface area contributed by atoms with Crippen molar-refractivity contribution < 1.29 is 18.0 Å². The Morgan fingerprint density at radius 2 is 1.67 bits per heavy atom. The number of halogens is 3. The molecule has 2 aliphatic heterocycles. The van der Waals surface area contributed by atoms with Gasteiger partial charge in [0.15, 0.2) is 0 Å². The van der Waals surface area contributed by atoms with E-state index in [-0.39, 0.29) is 23.6 Å². The van der Waals surface area contributed by atoms with Gasteiger partial charge in [-0.05, 0) is 50.9 Å². The number of alkyl halides is 3. The van der Waals surface area contributed by atoms with Crippen LogP contribution in [0.1, 0.15) is 42.7 Å². The molecule has 0 aromatic carbocycles. The van der Waals surface area contributed by atoms with Crippen molar-refractivity contribution in [2.45, 2.75) is 44.3 Å². The monoisotopic (exact) mass is 465 g/mol. The summed E-state index contributed by atoms with van der Waals surface area (Å²) in [5.74, 6) is -0.233. The van der Waals surface area contributed by atoms with Crippen molar-refractivity contribution in [2.75, 3.05) is 51.1 Å². The summed E-state index contributed by atoms with van der Waals surface area (Å²) in [6.07, 6.45) is 2.75. The number of pyridine rings is 1. The zero-order valence-electron chi connectivity index (χ0n) is 18.6. The van der Waals surface area contributed by atoms with Crippen LogP contribution in [-0.4, -0.2) is 88.7 Å². The van der Waals surface area contributed by atoms with E-state index in [9.17, 15) is 18.0 Å². The molecule has 2 fully saturated rings. The summed E-state index contributed by atoms with van der Waals surface area (Å²) >= 11 is 0. The number of carbonyl (C=O) groups excluding carboxylic acids is 1. The zero-order valence-corrected chi connectivity index (χ0v) is 18.6. The van der Waals surface area contributed by atoms with Gasteiger partial charge in [-0.1, -0.05) is 6.42 Å². The van der Waals surface area contributed by atoms with Crippen LogP contribution in [0.2, 0.25) is 0 Å². The Kier molecular flexibility index (Phi) is 7.59. The Labute approximate surface area is 191 Å². The molecule has 180 valence electrons. The lowest BCUT2D eigenvalue weighted by atomic mass is 10.0. The van der Waals surface area contributed by atoms with Crippen molar-refractivity contribution in [3.63, 3.8) is 0 Å². The molecule has 0 spiro atoms. The van der Waals surface area contributed by atoms with Gasteiger partial charge in [0, 0.05) is 32.2 Å². The highest BCUT2D eigenvalue weighted by Crippen LogP contribution is 2.18. The molecule has 0 bridgehead atoms. The molecule has 2 aliphatic rings. The predicted octanol–water partition coefficient (Wildman–Crippen LogP) is 2.68. The summed E-state index contributed by atoms with van der Waals surface area (Å²) in [6, 6.07) is 3.01. The number of rotatable bonds is 7. The number of piperidine rings is 2. The number of hydrogen-bond acceptors (Lipinski definition) is 7. The molecule has 2 aromatic rings. The fraction of sp³-hybridized carbons (Fsp3) is 0.636. The van der Waals surface area contributed by atoms with Crippen molar-refractivity contribution in [1.29, 1.82) is 0 Å². The van der Waals surface area contributed by atoms with Crippen LogP contribution in [0, 0.1) is 0 Å². The van der Waals surface area contributed by atoms with E-state index in [1.807, 2.05) is 0 Å². The third kappa shape index (κ3) is 6.97. The quantitative estimate of drug-likeness (QED) is 0.650. The molecule has 0 radical (unpaired) electrons. The number of anilines is 1. The van der Waals surface area contributed by atoms with E-state index < -0.39 is 12.7 Å². The van der Waals surface area contributed by atoms with E-state index in [1.165, 1.54) is 50.7 Å². The minimum atomic E-state index is -4.33. The number of nitrogens with one attached hydrogen (secondary N) is 2. The van der Waals surface area contributed by atoms with Crippen LogP contribution < -0.4 is 10.6 Å². The SMILES string of the molecule is O=C(NC1CCN(CCN2CCCCC2)CC1)c1ncc2nc(NCC(F)(F)F)ccc2n1. The number of likely N-dealkylation sites (tertiary alicyclic amines) is 2. The summed E-state index contributed by atoms with van der Waals surface area (Å²) in [7, 11) is 0. The molecule has 4 rings (SSSR count). The first-order valence-corrected chi connectivity index (χ1v) is 11.6. The Balaban J connectivity index is 1.25. The minimum absolute atomic E-state index is 0.0350. The third-order valence-electron chi connectivity index (χ3n) is 6.21. The van der Waals surface area contributed by atoms with Gasteiger partial charge in [0.05, 0.1) is 11.7 Å². The van der Waals surface area contributed by atoms with Crippen molar-refractivity contribution in [1.82, 2.24) is 30.1 Å². The maximum Gasteiger partial charge on any atom is 0.405 e. The number of fused-ring (bicyclic) bond motifs is 1. The van der Waals surface area contributed by atoms with E-state index >= 15 is 0 Å². The normalized spacial score (nSPS) is 19.0. The average molecular weight is 466 g/mol. The average Bonchev–Trinajstić information content (AvgIpc) is 2.82. The maximum absolute atomic E-state index is 12.6. The summed E-state index contributed by atoms with van der Waals surface area (Å²) in [4.78, 5) is 30.0. The first kappa shape index (κ1) is 23.6. The van der Waals surface area contributed by atoms with Crippen LogP contribution >= 0.6 is 0 Å². The highest BCUT2D eigenvalue weighted by atomic mass is 19.4. The van der Waals surface area contributed by atoms with Gasteiger partial charge in [-0.15, -0.1) is 0 Å². The molecule has 11 heteroatoms. The van der Waals surface area contributed by atoms with Crippen LogP contribution in [0.25, 0.3) is 11.0 Å². The van der Waals surface area contributed by atoms with Crippen LogP contribution in [0.4, 0.5) is 19.0 Å². The maximum atomic E-state index is 12.6. The molecule has 0 unspecified atom stereocenters. The van der Waals surface area contributed by atoms with E-state index in [0.29, 0.717) is 11.0 Å².